The number of nitrogens with one attached hydrogen (secondary N) is 1. The molecule has 1 aliphatic heterocycles. The maximum atomic E-state index is 12.2. The number of hydrogen-bond donors (Lipinski definition) is 2. The highest BCUT2D eigenvalue weighted by atomic mass is 16.1. The highest BCUT2D eigenvalue weighted by Crippen LogP contribution is 2.38. The van der Waals surface area contributed by atoms with Gasteiger partial charge in [-0.3, -0.25) is 14.5 Å². The first-order chi connectivity index (χ1) is 15.5. The van der Waals surface area contributed by atoms with Crippen LogP contribution in [0.25, 0.3) is 22.2 Å². The number of pyridine rings is 1. The van der Waals surface area contributed by atoms with Crippen LogP contribution in [0.4, 0.5) is 0 Å². The van der Waals surface area contributed by atoms with Crippen molar-refractivity contribution in [1.82, 2.24) is 14.5 Å². The summed E-state index contributed by atoms with van der Waals surface area (Å²) in [5.41, 5.74) is 11.7. The summed E-state index contributed by atoms with van der Waals surface area (Å²) in [4.78, 5) is 29.9. The van der Waals surface area contributed by atoms with Gasteiger partial charge in [0.2, 0.25) is 5.91 Å². The molecule has 0 spiro atoms. The molecule has 6 heteroatoms. The number of primary amides is 1. The Bertz CT molecular complexity index is 1230. The minimum absolute atomic E-state index is 0.0362. The summed E-state index contributed by atoms with van der Waals surface area (Å²) >= 11 is 0. The van der Waals surface area contributed by atoms with Crippen LogP contribution >= 0.6 is 0 Å². The van der Waals surface area contributed by atoms with E-state index >= 15 is 0 Å². The van der Waals surface area contributed by atoms with E-state index < -0.39 is 5.54 Å². The van der Waals surface area contributed by atoms with Gasteiger partial charge in [0.05, 0.1) is 11.2 Å². The molecular formula is C27H36N4O2. The molecule has 2 aromatic heterocycles. The molecule has 0 unspecified atom stereocenters. The predicted molar refractivity (Wildman–Crippen MR) is 135 cm³/mol. The number of likely N-dealkylation sites (tertiary alicyclic amines) is 1. The van der Waals surface area contributed by atoms with Crippen molar-refractivity contribution in [2.45, 2.75) is 64.8 Å². The van der Waals surface area contributed by atoms with Crippen molar-refractivity contribution in [2.75, 3.05) is 13.1 Å². The molecule has 1 aliphatic rings. The van der Waals surface area contributed by atoms with Crippen LogP contribution in [-0.4, -0.2) is 39.0 Å². The van der Waals surface area contributed by atoms with Gasteiger partial charge in [-0.05, 0) is 87.9 Å². The average molecular weight is 449 g/mol. The highest BCUT2D eigenvalue weighted by molar-refractivity contribution is 5.92. The van der Waals surface area contributed by atoms with Gasteiger partial charge in [0.1, 0.15) is 0 Å². The Morgan fingerprint density at radius 3 is 2.42 bits per heavy atom. The molecule has 176 valence electrons. The van der Waals surface area contributed by atoms with Gasteiger partial charge in [-0.15, -0.1) is 0 Å². The Morgan fingerprint density at radius 2 is 1.85 bits per heavy atom. The van der Waals surface area contributed by atoms with Gasteiger partial charge in [0.25, 0.3) is 5.56 Å². The second kappa shape index (κ2) is 8.49. The van der Waals surface area contributed by atoms with E-state index in [1.54, 1.807) is 11.6 Å². The van der Waals surface area contributed by atoms with Crippen LogP contribution in [0.1, 0.15) is 69.1 Å². The molecule has 1 amide bonds. The molecule has 3 heterocycles. The van der Waals surface area contributed by atoms with Gasteiger partial charge < -0.3 is 15.3 Å². The van der Waals surface area contributed by atoms with Crippen LogP contribution in [0.3, 0.4) is 0 Å². The summed E-state index contributed by atoms with van der Waals surface area (Å²) in [5, 5.41) is 1.25. The zero-order valence-electron chi connectivity index (χ0n) is 20.7. The van der Waals surface area contributed by atoms with Crippen molar-refractivity contribution >= 4 is 16.8 Å². The second-order valence-electron chi connectivity index (χ2n) is 10.4. The standard InChI is InChI=1S/C27H36N4O2/c1-16(2)23-21-14-19(18-9-11-31(12-10-18)27(4,5)26(28)33)7-8-22(21)29-24(23)20-13-17(3)25(32)30(6)15-20/h7-8,13-16,18,29H,9-12H2,1-6H3,(H2,28,33). The average Bonchev–Trinajstić information content (AvgIpc) is 3.16. The number of fused-ring (bicyclic) bond motifs is 1. The predicted octanol–water partition coefficient (Wildman–Crippen LogP) is 4.41. The maximum absolute atomic E-state index is 12.2. The first-order valence-electron chi connectivity index (χ1n) is 11.9. The number of rotatable bonds is 5. The second-order valence-corrected chi connectivity index (χ2v) is 10.4. The van der Waals surface area contributed by atoms with Crippen LogP contribution in [0, 0.1) is 6.92 Å². The smallest absolute Gasteiger partial charge is 0.253 e. The van der Waals surface area contributed by atoms with Gasteiger partial charge in [-0.25, -0.2) is 0 Å². The van der Waals surface area contributed by atoms with E-state index in [9.17, 15) is 9.59 Å². The van der Waals surface area contributed by atoms with Gasteiger partial charge >= 0.3 is 0 Å². The molecule has 0 bridgehead atoms. The summed E-state index contributed by atoms with van der Waals surface area (Å²) in [6.07, 6.45) is 3.94. The van der Waals surface area contributed by atoms with E-state index in [0.717, 1.165) is 48.3 Å². The molecular weight excluding hydrogens is 412 g/mol. The maximum Gasteiger partial charge on any atom is 0.253 e. The number of benzene rings is 1. The van der Waals surface area contributed by atoms with Gasteiger partial charge in [-0.1, -0.05) is 19.9 Å². The van der Waals surface area contributed by atoms with E-state index in [-0.39, 0.29) is 11.5 Å². The van der Waals surface area contributed by atoms with Crippen molar-refractivity contribution in [2.24, 2.45) is 12.8 Å². The van der Waals surface area contributed by atoms with Crippen LogP contribution in [0.15, 0.2) is 35.3 Å². The fourth-order valence-corrected chi connectivity index (χ4v) is 5.25. The zero-order chi connectivity index (χ0) is 24.1. The molecule has 1 aromatic carbocycles. The Kier molecular flexibility index (Phi) is 5.99. The Labute approximate surface area is 195 Å². The molecule has 1 saturated heterocycles. The molecule has 0 atom stereocenters. The lowest BCUT2D eigenvalue weighted by atomic mass is 9.86. The first kappa shape index (κ1) is 23.3. The Balaban J connectivity index is 1.70. The minimum atomic E-state index is -0.608. The fourth-order valence-electron chi connectivity index (χ4n) is 5.25. The van der Waals surface area contributed by atoms with Crippen molar-refractivity contribution in [3.63, 3.8) is 0 Å². The molecule has 4 rings (SSSR count). The zero-order valence-corrected chi connectivity index (χ0v) is 20.7. The molecule has 6 nitrogen and oxygen atoms in total. The lowest BCUT2D eigenvalue weighted by Gasteiger charge is -2.41. The van der Waals surface area contributed by atoms with E-state index in [4.69, 9.17) is 5.73 Å². The van der Waals surface area contributed by atoms with Crippen LogP contribution in [0.2, 0.25) is 0 Å². The minimum Gasteiger partial charge on any atom is -0.368 e. The lowest BCUT2D eigenvalue weighted by Crippen LogP contribution is -2.55. The van der Waals surface area contributed by atoms with E-state index in [1.165, 1.54) is 16.5 Å². The number of aromatic nitrogens is 2. The summed E-state index contributed by atoms with van der Waals surface area (Å²) < 4.78 is 1.66. The monoisotopic (exact) mass is 448 g/mol. The number of piperidine rings is 1. The number of amides is 1. The summed E-state index contributed by atoms with van der Waals surface area (Å²) in [5.74, 6) is 0.532. The van der Waals surface area contributed by atoms with Crippen molar-refractivity contribution < 1.29 is 4.79 Å². The number of nitrogens with zero attached hydrogens (tertiary/aromatic N) is 2. The molecule has 3 aromatic rings. The third-order valence-corrected chi connectivity index (χ3v) is 7.45. The van der Waals surface area contributed by atoms with E-state index in [2.05, 4.69) is 41.9 Å². The number of carbonyl (C=O) groups excluding carboxylic acids is 1. The number of hydrogen-bond acceptors (Lipinski definition) is 3. The van der Waals surface area contributed by atoms with Gasteiger partial charge in [-0.2, -0.15) is 0 Å². The first-order valence-corrected chi connectivity index (χ1v) is 11.9. The summed E-state index contributed by atoms with van der Waals surface area (Å²) in [6, 6.07) is 8.75. The Hall–Kier alpha value is -2.86. The summed E-state index contributed by atoms with van der Waals surface area (Å²) in [6.45, 7) is 11.9. The van der Waals surface area contributed by atoms with Crippen molar-refractivity contribution in [3.8, 4) is 11.3 Å². The number of aromatic amines is 1. The summed E-state index contributed by atoms with van der Waals surface area (Å²) in [7, 11) is 1.81. The fraction of sp³-hybridized carbons (Fsp3) is 0.481. The molecule has 1 fully saturated rings. The third kappa shape index (κ3) is 4.12. The number of H-pyrrole nitrogens is 1. The van der Waals surface area contributed by atoms with E-state index in [1.807, 2.05) is 33.0 Å². The third-order valence-electron chi connectivity index (χ3n) is 7.45. The number of nitrogens with two attached hydrogens (primary N) is 1. The molecule has 33 heavy (non-hydrogen) atoms. The normalized spacial score (nSPS) is 16.1. The Morgan fingerprint density at radius 1 is 1.18 bits per heavy atom. The van der Waals surface area contributed by atoms with Crippen LogP contribution < -0.4 is 11.3 Å². The molecule has 0 radical (unpaired) electrons. The van der Waals surface area contributed by atoms with Gasteiger partial charge in [0.15, 0.2) is 0 Å². The molecule has 0 saturated carbocycles. The van der Waals surface area contributed by atoms with Crippen LogP contribution in [-0.2, 0) is 11.8 Å². The number of carbonyl (C=O) groups is 1. The van der Waals surface area contributed by atoms with Crippen molar-refractivity contribution in [1.29, 1.82) is 0 Å². The van der Waals surface area contributed by atoms with Crippen LogP contribution in [0.5, 0.6) is 0 Å². The SMILES string of the molecule is Cc1cc(-c2[nH]c3ccc(C4CCN(C(C)(C)C(N)=O)CC4)cc3c2C(C)C)cn(C)c1=O. The highest BCUT2D eigenvalue weighted by Gasteiger charge is 2.35. The lowest BCUT2D eigenvalue weighted by molar-refractivity contribution is -0.129. The topological polar surface area (TPSA) is 84.1 Å². The van der Waals surface area contributed by atoms with Crippen molar-refractivity contribution in [3.05, 3.63) is 57.5 Å². The quantitative estimate of drug-likeness (QED) is 0.606. The van der Waals surface area contributed by atoms with E-state index in [0.29, 0.717) is 11.8 Å². The largest absolute Gasteiger partial charge is 0.368 e. The number of aryl methyl sites for hydroxylation is 2. The molecule has 0 aliphatic carbocycles. The molecule has 3 N–H and O–H groups in total. The van der Waals surface area contributed by atoms with Gasteiger partial charge in [0, 0.05) is 35.3 Å².